The molecule has 0 aliphatic heterocycles. The molecule has 0 saturated heterocycles. The smallest absolute Gasteiger partial charge is 0.271 e. The van der Waals surface area contributed by atoms with Crippen molar-refractivity contribution in [1.29, 1.82) is 0 Å². The Hall–Kier alpha value is -0.560. The predicted octanol–water partition coefficient (Wildman–Crippen LogP) is 4.58. The van der Waals surface area contributed by atoms with Crippen LogP contribution in [0.3, 0.4) is 0 Å². The van der Waals surface area contributed by atoms with E-state index in [0.717, 1.165) is 26.9 Å². The molecule has 0 fully saturated rings. The molecule has 3 nitrogen and oxygen atoms in total. The summed E-state index contributed by atoms with van der Waals surface area (Å²) in [4.78, 5) is 0. The van der Waals surface area contributed by atoms with E-state index < -0.39 is 10.0 Å². The van der Waals surface area contributed by atoms with Crippen LogP contribution in [0.4, 0.5) is 5.69 Å². The number of anilines is 1. The van der Waals surface area contributed by atoms with E-state index in [1.165, 1.54) is 0 Å². The molecule has 0 radical (unpaired) electrons. The van der Waals surface area contributed by atoms with Gasteiger partial charge >= 0.3 is 0 Å². The van der Waals surface area contributed by atoms with Crippen LogP contribution in [-0.4, -0.2) is 8.42 Å². The summed E-state index contributed by atoms with van der Waals surface area (Å²) in [7, 11) is -3.58. The molecular weight excluding hydrogens is 370 g/mol. The number of thiophene rings is 1. The maximum Gasteiger partial charge on any atom is 0.271 e. The number of nitrogens with one attached hydrogen (secondary N) is 1. The first-order chi connectivity index (χ1) is 8.79. The first-order valence-corrected chi connectivity index (χ1v) is 8.81. The summed E-state index contributed by atoms with van der Waals surface area (Å²) in [6, 6.07) is 6.94. The van der Waals surface area contributed by atoms with Gasteiger partial charge in [-0.05, 0) is 49.2 Å². The summed E-state index contributed by atoms with van der Waals surface area (Å²) in [5.41, 5.74) is 2.17. The third-order valence-electron chi connectivity index (χ3n) is 2.53. The van der Waals surface area contributed by atoms with Gasteiger partial charge in [0.1, 0.15) is 4.21 Å². The molecule has 19 heavy (non-hydrogen) atoms. The van der Waals surface area contributed by atoms with Crippen molar-refractivity contribution < 1.29 is 8.42 Å². The zero-order valence-electron chi connectivity index (χ0n) is 10.2. The van der Waals surface area contributed by atoms with Gasteiger partial charge in [-0.3, -0.25) is 4.72 Å². The zero-order chi connectivity index (χ0) is 14.2. The molecule has 0 atom stereocenters. The van der Waals surface area contributed by atoms with Crippen molar-refractivity contribution in [3.63, 3.8) is 0 Å². The van der Waals surface area contributed by atoms with Crippen LogP contribution in [0.1, 0.15) is 11.1 Å². The minimum absolute atomic E-state index is 0.220. The number of hydrogen-bond acceptors (Lipinski definition) is 3. The Morgan fingerprint density at radius 2 is 1.89 bits per heavy atom. The third kappa shape index (κ3) is 3.31. The van der Waals surface area contributed by atoms with Crippen molar-refractivity contribution in [3.8, 4) is 0 Å². The van der Waals surface area contributed by atoms with Crippen LogP contribution in [0.2, 0.25) is 4.34 Å². The lowest BCUT2D eigenvalue weighted by molar-refractivity contribution is 0.603. The molecule has 1 aromatic carbocycles. The van der Waals surface area contributed by atoms with Crippen molar-refractivity contribution in [1.82, 2.24) is 0 Å². The van der Waals surface area contributed by atoms with Gasteiger partial charge in [0.05, 0.1) is 10.0 Å². The average molecular weight is 381 g/mol. The number of halogens is 2. The first-order valence-electron chi connectivity index (χ1n) is 5.34. The van der Waals surface area contributed by atoms with Crippen molar-refractivity contribution in [3.05, 3.63) is 44.2 Å². The Morgan fingerprint density at radius 1 is 1.21 bits per heavy atom. The number of sulfonamides is 1. The van der Waals surface area contributed by atoms with E-state index in [0.29, 0.717) is 10.0 Å². The lowest BCUT2D eigenvalue weighted by Gasteiger charge is -2.09. The van der Waals surface area contributed by atoms with E-state index in [1.54, 1.807) is 25.1 Å². The van der Waals surface area contributed by atoms with Gasteiger partial charge in [-0.25, -0.2) is 8.42 Å². The molecule has 0 unspecified atom stereocenters. The largest absolute Gasteiger partial charge is 0.279 e. The molecule has 0 bridgehead atoms. The summed E-state index contributed by atoms with van der Waals surface area (Å²) < 4.78 is 28.7. The van der Waals surface area contributed by atoms with Crippen molar-refractivity contribution in [2.75, 3.05) is 4.72 Å². The molecule has 2 rings (SSSR count). The highest BCUT2D eigenvalue weighted by atomic mass is 79.9. The molecule has 2 aromatic rings. The van der Waals surface area contributed by atoms with E-state index in [4.69, 9.17) is 11.6 Å². The van der Waals surface area contributed by atoms with Crippen LogP contribution in [0.5, 0.6) is 0 Å². The quantitative estimate of drug-likeness (QED) is 0.847. The summed E-state index contributed by atoms with van der Waals surface area (Å²) >= 11 is 10.3. The third-order valence-corrected chi connectivity index (χ3v) is 6.42. The Balaban J connectivity index is 2.36. The second-order valence-electron chi connectivity index (χ2n) is 4.09. The average Bonchev–Trinajstić information content (AvgIpc) is 2.64. The number of hydrogen-bond donors (Lipinski definition) is 1. The summed E-state index contributed by atoms with van der Waals surface area (Å²) in [5, 5.41) is 0. The van der Waals surface area contributed by atoms with Gasteiger partial charge in [-0.1, -0.05) is 27.5 Å². The second kappa shape index (κ2) is 5.44. The van der Waals surface area contributed by atoms with Gasteiger partial charge in [0.2, 0.25) is 0 Å². The topological polar surface area (TPSA) is 46.2 Å². The molecular formula is C12H11BrClNO2S2. The van der Waals surface area contributed by atoms with E-state index in [-0.39, 0.29) is 4.21 Å². The van der Waals surface area contributed by atoms with Crippen LogP contribution in [0, 0.1) is 13.8 Å². The number of rotatable bonds is 3. The van der Waals surface area contributed by atoms with E-state index in [1.807, 2.05) is 13.0 Å². The standard InChI is InChI=1S/C12H11BrClNO2S2/c1-7-5-9(13)3-4-10(7)15-19(16,17)11-6-8(2)12(14)18-11/h3-6,15H,1-2H3. The Kier molecular flexibility index (Phi) is 4.25. The minimum atomic E-state index is -3.58. The maximum absolute atomic E-state index is 12.2. The SMILES string of the molecule is Cc1cc(Br)ccc1NS(=O)(=O)c1cc(C)c(Cl)s1. The van der Waals surface area contributed by atoms with E-state index in [9.17, 15) is 8.42 Å². The molecule has 0 aliphatic carbocycles. The molecule has 102 valence electrons. The highest BCUT2D eigenvalue weighted by Crippen LogP contribution is 2.32. The first kappa shape index (κ1) is 14.8. The Labute approximate surface area is 129 Å². The molecule has 0 spiro atoms. The highest BCUT2D eigenvalue weighted by molar-refractivity contribution is 9.10. The van der Waals surface area contributed by atoms with Crippen LogP contribution < -0.4 is 4.72 Å². The minimum Gasteiger partial charge on any atom is -0.279 e. The second-order valence-corrected chi connectivity index (χ2v) is 8.57. The predicted molar refractivity (Wildman–Crippen MR) is 83.8 cm³/mol. The Bertz CT molecular complexity index is 706. The molecule has 1 heterocycles. The van der Waals surface area contributed by atoms with Crippen LogP contribution >= 0.6 is 38.9 Å². The molecule has 0 amide bonds. The molecule has 0 saturated carbocycles. The zero-order valence-corrected chi connectivity index (χ0v) is 14.2. The molecule has 7 heteroatoms. The van der Waals surface area contributed by atoms with Crippen molar-refractivity contribution in [2.24, 2.45) is 0 Å². The lowest BCUT2D eigenvalue weighted by Crippen LogP contribution is -2.12. The fourth-order valence-electron chi connectivity index (χ4n) is 1.50. The lowest BCUT2D eigenvalue weighted by atomic mass is 10.2. The maximum atomic E-state index is 12.2. The normalized spacial score (nSPS) is 11.6. The van der Waals surface area contributed by atoms with Gasteiger partial charge < -0.3 is 0 Å². The number of aryl methyl sites for hydroxylation is 2. The van der Waals surface area contributed by atoms with Gasteiger partial charge in [0.25, 0.3) is 10.0 Å². The monoisotopic (exact) mass is 379 g/mol. The van der Waals surface area contributed by atoms with Gasteiger partial charge in [0, 0.05) is 4.47 Å². The Morgan fingerprint density at radius 3 is 2.42 bits per heavy atom. The highest BCUT2D eigenvalue weighted by Gasteiger charge is 2.19. The van der Waals surface area contributed by atoms with Crippen LogP contribution in [0.25, 0.3) is 0 Å². The van der Waals surface area contributed by atoms with Crippen LogP contribution in [0.15, 0.2) is 32.9 Å². The fraction of sp³-hybridized carbons (Fsp3) is 0.167. The van der Waals surface area contributed by atoms with Crippen molar-refractivity contribution in [2.45, 2.75) is 18.1 Å². The molecule has 1 N–H and O–H groups in total. The molecule has 1 aromatic heterocycles. The van der Waals surface area contributed by atoms with Gasteiger partial charge in [-0.15, -0.1) is 11.3 Å². The summed E-state index contributed by atoms with van der Waals surface area (Å²) in [5.74, 6) is 0. The molecule has 0 aliphatic rings. The van der Waals surface area contributed by atoms with Gasteiger partial charge in [0.15, 0.2) is 0 Å². The van der Waals surface area contributed by atoms with Crippen molar-refractivity contribution >= 4 is 54.6 Å². The van der Waals surface area contributed by atoms with E-state index >= 15 is 0 Å². The summed E-state index contributed by atoms with van der Waals surface area (Å²) in [6.45, 7) is 3.62. The fourth-order valence-corrected chi connectivity index (χ4v) is 4.81. The summed E-state index contributed by atoms with van der Waals surface area (Å²) in [6.07, 6.45) is 0. The van der Waals surface area contributed by atoms with Crippen LogP contribution in [-0.2, 0) is 10.0 Å². The van der Waals surface area contributed by atoms with Gasteiger partial charge in [-0.2, -0.15) is 0 Å². The number of benzene rings is 1. The van der Waals surface area contributed by atoms with E-state index in [2.05, 4.69) is 20.7 Å².